The normalized spacial score (nSPS) is 21.6. The van der Waals surface area contributed by atoms with Crippen molar-refractivity contribution >= 4 is 28.4 Å². The molecule has 2 aliphatic rings. The number of ether oxygens (including phenoxy) is 2. The molecule has 2 fully saturated rings. The number of nitrogens with zero attached hydrogens (tertiary/aromatic N) is 3. The van der Waals surface area contributed by atoms with Gasteiger partial charge in [-0.3, -0.25) is 0 Å². The fraction of sp³-hybridized carbons (Fsp3) is 0.636. The quantitative estimate of drug-likeness (QED) is 0.597. The minimum Gasteiger partial charge on any atom is -0.467 e. The second-order valence-electron chi connectivity index (χ2n) is 4.70. The smallest absolute Gasteiger partial charge is 0.319 e. The van der Waals surface area contributed by atoms with Gasteiger partial charge < -0.3 is 14.4 Å². The molecule has 3 rings (SSSR count). The fourth-order valence-corrected chi connectivity index (χ4v) is 2.88. The van der Waals surface area contributed by atoms with Gasteiger partial charge in [0.2, 0.25) is 0 Å². The van der Waals surface area contributed by atoms with E-state index in [2.05, 4.69) is 37.5 Å². The van der Waals surface area contributed by atoms with E-state index in [1.807, 2.05) is 6.07 Å². The van der Waals surface area contributed by atoms with Gasteiger partial charge in [-0.15, -0.1) is 0 Å². The first-order valence-electron chi connectivity index (χ1n) is 5.62. The zero-order valence-electron chi connectivity index (χ0n) is 9.65. The van der Waals surface area contributed by atoms with Crippen LogP contribution in [0.15, 0.2) is 6.07 Å². The lowest BCUT2D eigenvalue weighted by molar-refractivity contribution is -0.0985. The minimum absolute atomic E-state index is 0.379. The third-order valence-electron chi connectivity index (χ3n) is 3.42. The molecular formula is C11H14IN3O2. The van der Waals surface area contributed by atoms with E-state index in [0.717, 1.165) is 35.8 Å². The molecule has 0 aromatic carbocycles. The molecule has 92 valence electrons. The molecule has 1 aromatic heterocycles. The van der Waals surface area contributed by atoms with Crippen molar-refractivity contribution in [2.24, 2.45) is 5.41 Å². The molecule has 1 spiro atoms. The van der Waals surface area contributed by atoms with Gasteiger partial charge in [0.05, 0.1) is 20.3 Å². The first kappa shape index (κ1) is 11.5. The summed E-state index contributed by atoms with van der Waals surface area (Å²) in [7, 11) is 1.60. The summed E-state index contributed by atoms with van der Waals surface area (Å²) in [6, 6.07) is 2.44. The highest BCUT2D eigenvalue weighted by atomic mass is 127. The van der Waals surface area contributed by atoms with Gasteiger partial charge in [0.15, 0.2) is 0 Å². The van der Waals surface area contributed by atoms with Crippen molar-refractivity contribution in [1.82, 2.24) is 9.97 Å². The molecule has 0 saturated carbocycles. The van der Waals surface area contributed by atoms with Crippen molar-refractivity contribution in [1.29, 1.82) is 0 Å². The van der Waals surface area contributed by atoms with Crippen molar-refractivity contribution < 1.29 is 9.47 Å². The standard InChI is InChI=1S/C11H14IN3O2/c1-16-10-13-8(12)4-9(14-10)15-3-2-11(5-15)6-17-7-11/h4H,2-3,5-7H2,1H3. The first-order chi connectivity index (χ1) is 8.21. The highest BCUT2D eigenvalue weighted by molar-refractivity contribution is 14.1. The second kappa shape index (κ2) is 4.24. The molecule has 5 nitrogen and oxygen atoms in total. The van der Waals surface area contributed by atoms with E-state index < -0.39 is 0 Å². The molecule has 0 atom stereocenters. The van der Waals surface area contributed by atoms with Crippen LogP contribution in [-0.4, -0.2) is 43.4 Å². The first-order valence-corrected chi connectivity index (χ1v) is 6.70. The summed E-state index contributed by atoms with van der Waals surface area (Å²) in [5, 5.41) is 0. The highest BCUT2D eigenvalue weighted by Gasteiger charge is 2.44. The Kier molecular flexibility index (Phi) is 2.86. The topological polar surface area (TPSA) is 47.5 Å². The largest absolute Gasteiger partial charge is 0.467 e. The summed E-state index contributed by atoms with van der Waals surface area (Å²) < 4.78 is 11.3. The molecule has 1 aromatic rings. The van der Waals surface area contributed by atoms with Crippen molar-refractivity contribution in [2.75, 3.05) is 38.3 Å². The summed E-state index contributed by atoms with van der Waals surface area (Å²) in [5.41, 5.74) is 0.379. The molecule has 0 radical (unpaired) electrons. The Balaban J connectivity index is 1.82. The van der Waals surface area contributed by atoms with Crippen LogP contribution >= 0.6 is 22.6 Å². The molecule has 2 saturated heterocycles. The Morgan fingerprint density at radius 2 is 2.29 bits per heavy atom. The van der Waals surface area contributed by atoms with E-state index in [0.29, 0.717) is 11.4 Å². The molecule has 17 heavy (non-hydrogen) atoms. The fourth-order valence-electron chi connectivity index (χ4n) is 2.40. The predicted molar refractivity (Wildman–Crippen MR) is 71.4 cm³/mol. The average Bonchev–Trinajstić information content (AvgIpc) is 2.73. The lowest BCUT2D eigenvalue weighted by Crippen LogP contribution is -2.44. The van der Waals surface area contributed by atoms with Crippen LogP contribution in [0.2, 0.25) is 0 Å². The van der Waals surface area contributed by atoms with Crippen LogP contribution in [0.3, 0.4) is 0 Å². The Labute approximate surface area is 114 Å². The van der Waals surface area contributed by atoms with Gasteiger partial charge in [-0.1, -0.05) is 0 Å². The molecule has 2 aliphatic heterocycles. The molecule has 0 amide bonds. The Hall–Kier alpha value is -0.630. The summed E-state index contributed by atoms with van der Waals surface area (Å²) in [6.45, 7) is 3.86. The number of anilines is 1. The van der Waals surface area contributed by atoms with Crippen LogP contribution in [0.25, 0.3) is 0 Å². The molecule has 0 bridgehead atoms. The molecule has 6 heteroatoms. The number of aromatic nitrogens is 2. The summed E-state index contributed by atoms with van der Waals surface area (Å²) in [6.07, 6.45) is 1.19. The zero-order valence-corrected chi connectivity index (χ0v) is 11.8. The van der Waals surface area contributed by atoms with Crippen molar-refractivity contribution in [3.8, 4) is 6.01 Å². The number of methoxy groups -OCH3 is 1. The van der Waals surface area contributed by atoms with Crippen molar-refractivity contribution in [3.05, 3.63) is 9.77 Å². The van der Waals surface area contributed by atoms with Gasteiger partial charge >= 0.3 is 6.01 Å². The van der Waals surface area contributed by atoms with E-state index in [1.165, 1.54) is 6.42 Å². The maximum absolute atomic E-state index is 5.33. The predicted octanol–water partition coefficient (Wildman–Crippen LogP) is 1.32. The van der Waals surface area contributed by atoms with Crippen LogP contribution in [0.4, 0.5) is 5.82 Å². The Morgan fingerprint density at radius 3 is 2.88 bits per heavy atom. The molecule has 0 unspecified atom stereocenters. The van der Waals surface area contributed by atoms with E-state index >= 15 is 0 Å². The number of hydrogen-bond acceptors (Lipinski definition) is 5. The van der Waals surface area contributed by atoms with E-state index in [-0.39, 0.29) is 0 Å². The van der Waals surface area contributed by atoms with Crippen LogP contribution in [0.5, 0.6) is 6.01 Å². The monoisotopic (exact) mass is 347 g/mol. The summed E-state index contributed by atoms with van der Waals surface area (Å²) in [5.74, 6) is 0.963. The van der Waals surface area contributed by atoms with Gasteiger partial charge in [0, 0.05) is 24.6 Å². The SMILES string of the molecule is COc1nc(I)cc(N2CCC3(COC3)C2)n1. The van der Waals surface area contributed by atoms with Gasteiger partial charge in [-0.2, -0.15) is 9.97 Å². The summed E-state index contributed by atoms with van der Waals surface area (Å²) in [4.78, 5) is 10.9. The lowest BCUT2D eigenvalue weighted by Gasteiger charge is -2.37. The third kappa shape index (κ3) is 2.08. The Morgan fingerprint density at radius 1 is 1.47 bits per heavy atom. The van der Waals surface area contributed by atoms with Crippen LogP contribution in [-0.2, 0) is 4.74 Å². The zero-order chi connectivity index (χ0) is 11.9. The lowest BCUT2D eigenvalue weighted by atomic mass is 9.85. The van der Waals surface area contributed by atoms with Gasteiger partial charge in [0.1, 0.15) is 9.52 Å². The third-order valence-corrected chi connectivity index (χ3v) is 3.97. The number of rotatable bonds is 2. The van der Waals surface area contributed by atoms with Crippen LogP contribution in [0, 0.1) is 9.12 Å². The van der Waals surface area contributed by atoms with Crippen LogP contribution < -0.4 is 9.64 Å². The van der Waals surface area contributed by atoms with Gasteiger partial charge in [-0.25, -0.2) is 0 Å². The average molecular weight is 347 g/mol. The van der Waals surface area contributed by atoms with E-state index in [9.17, 15) is 0 Å². The highest BCUT2D eigenvalue weighted by Crippen LogP contribution is 2.39. The van der Waals surface area contributed by atoms with Gasteiger partial charge in [0.25, 0.3) is 0 Å². The van der Waals surface area contributed by atoms with Crippen molar-refractivity contribution in [2.45, 2.75) is 6.42 Å². The van der Waals surface area contributed by atoms with E-state index in [1.54, 1.807) is 7.11 Å². The molecule has 3 heterocycles. The van der Waals surface area contributed by atoms with Gasteiger partial charge in [-0.05, 0) is 29.0 Å². The number of hydrogen-bond donors (Lipinski definition) is 0. The van der Waals surface area contributed by atoms with Crippen molar-refractivity contribution in [3.63, 3.8) is 0 Å². The molecular weight excluding hydrogens is 333 g/mol. The maximum Gasteiger partial charge on any atom is 0.319 e. The summed E-state index contributed by atoms with van der Waals surface area (Å²) >= 11 is 2.19. The van der Waals surface area contributed by atoms with E-state index in [4.69, 9.17) is 9.47 Å². The Bertz CT molecular complexity index is 437. The molecule has 0 aliphatic carbocycles. The minimum atomic E-state index is 0.379. The van der Waals surface area contributed by atoms with Crippen LogP contribution in [0.1, 0.15) is 6.42 Å². The molecule has 0 N–H and O–H groups in total. The number of halogens is 1. The second-order valence-corrected chi connectivity index (χ2v) is 5.81. The maximum atomic E-state index is 5.33.